The van der Waals surface area contributed by atoms with Crippen LogP contribution in [0.5, 0.6) is 0 Å². The molecule has 0 aromatic heterocycles. The van der Waals surface area contributed by atoms with E-state index < -0.39 is 22.0 Å². The van der Waals surface area contributed by atoms with Gasteiger partial charge in [-0.2, -0.15) is 14.6 Å². The quantitative estimate of drug-likeness (QED) is 0.617. The number of aliphatic imine (C=N–C) groups is 1. The highest BCUT2D eigenvalue weighted by molar-refractivity contribution is 7.89. The molecule has 1 aliphatic rings. The molecule has 0 bridgehead atoms. The summed E-state index contributed by atoms with van der Waals surface area (Å²) in [6, 6.07) is 4.59. The predicted octanol–water partition coefficient (Wildman–Crippen LogP) is 1.14. The number of isocyanates is 1. The molecule has 1 atom stereocenters. The van der Waals surface area contributed by atoms with Crippen LogP contribution in [-0.4, -0.2) is 31.5 Å². The molecule has 1 aliphatic heterocycles. The van der Waals surface area contributed by atoms with Gasteiger partial charge in [0.1, 0.15) is 18.1 Å². The molecule has 1 aromatic carbocycles. The van der Waals surface area contributed by atoms with E-state index >= 15 is 0 Å². The fraction of sp³-hybridized carbons (Fsp3) is 0.333. The largest absolute Gasteiger partial charge is 0.244 e. The summed E-state index contributed by atoms with van der Waals surface area (Å²) in [5.41, 5.74) is -0.347. The molecular weight excluding hydrogens is 285 g/mol. The SMILES string of the molecule is N#Cc1cc(S(=O)(=O)N2CCCC2N=C=O)ccc1F. The zero-order chi connectivity index (χ0) is 14.8. The van der Waals surface area contributed by atoms with Crippen LogP contribution < -0.4 is 0 Å². The Kier molecular flexibility index (Phi) is 3.95. The Labute approximate surface area is 115 Å². The molecule has 1 saturated heterocycles. The Morgan fingerprint density at radius 3 is 2.85 bits per heavy atom. The number of nitrogens with zero attached hydrogens (tertiary/aromatic N) is 3. The summed E-state index contributed by atoms with van der Waals surface area (Å²) < 4.78 is 39.1. The molecule has 0 spiro atoms. The molecule has 0 aliphatic carbocycles. The Hall–Kier alpha value is -2.07. The molecule has 0 amide bonds. The standard InChI is InChI=1S/C12H10FN3O3S/c13-11-4-3-10(6-9(11)7-14)20(18,19)16-5-1-2-12(16)15-8-17/h3-4,6,12H,1-2,5H2. The molecule has 1 aromatic rings. The highest BCUT2D eigenvalue weighted by atomic mass is 32.2. The van der Waals surface area contributed by atoms with Gasteiger partial charge in [-0.25, -0.2) is 17.6 Å². The summed E-state index contributed by atoms with van der Waals surface area (Å²) in [6.45, 7) is 0.220. The maximum Gasteiger partial charge on any atom is 0.244 e. The van der Waals surface area contributed by atoms with Crippen molar-refractivity contribution >= 4 is 16.1 Å². The average molecular weight is 295 g/mol. The molecule has 0 N–H and O–H groups in total. The maximum atomic E-state index is 13.2. The highest BCUT2D eigenvalue weighted by Gasteiger charge is 2.35. The van der Waals surface area contributed by atoms with Crippen LogP contribution in [-0.2, 0) is 14.8 Å². The van der Waals surface area contributed by atoms with E-state index in [0.717, 1.165) is 22.5 Å². The van der Waals surface area contributed by atoms with E-state index in [-0.39, 0.29) is 17.0 Å². The lowest BCUT2D eigenvalue weighted by molar-refractivity contribution is 0.395. The van der Waals surface area contributed by atoms with Gasteiger partial charge in [-0.1, -0.05) is 0 Å². The van der Waals surface area contributed by atoms with Gasteiger partial charge >= 0.3 is 0 Å². The molecule has 1 unspecified atom stereocenters. The second-order valence-electron chi connectivity index (χ2n) is 4.21. The van der Waals surface area contributed by atoms with E-state index in [1.165, 1.54) is 6.08 Å². The molecule has 1 fully saturated rings. The fourth-order valence-corrected chi connectivity index (χ4v) is 3.70. The van der Waals surface area contributed by atoms with Crippen LogP contribution in [0.3, 0.4) is 0 Å². The number of benzene rings is 1. The van der Waals surface area contributed by atoms with Gasteiger partial charge in [0, 0.05) is 6.54 Å². The average Bonchev–Trinajstić information content (AvgIpc) is 2.88. The second-order valence-corrected chi connectivity index (χ2v) is 6.10. The van der Waals surface area contributed by atoms with Crippen molar-refractivity contribution in [2.45, 2.75) is 23.9 Å². The van der Waals surface area contributed by atoms with Crippen LogP contribution in [0.15, 0.2) is 28.1 Å². The summed E-state index contributed by atoms with van der Waals surface area (Å²) in [6.07, 6.45) is 1.57. The molecular formula is C12H10FN3O3S. The Morgan fingerprint density at radius 1 is 1.45 bits per heavy atom. The van der Waals surface area contributed by atoms with Gasteiger partial charge in [-0.05, 0) is 31.0 Å². The van der Waals surface area contributed by atoms with Crippen LogP contribution in [0.25, 0.3) is 0 Å². The minimum Gasteiger partial charge on any atom is -0.211 e. The van der Waals surface area contributed by atoms with Crippen LogP contribution in [0, 0.1) is 17.1 Å². The first-order valence-electron chi connectivity index (χ1n) is 5.79. The fourth-order valence-electron chi connectivity index (χ4n) is 2.08. The third-order valence-electron chi connectivity index (χ3n) is 3.04. The summed E-state index contributed by atoms with van der Waals surface area (Å²) in [7, 11) is -3.92. The molecule has 6 nitrogen and oxygen atoms in total. The monoisotopic (exact) mass is 295 g/mol. The van der Waals surface area contributed by atoms with Gasteiger partial charge < -0.3 is 0 Å². The number of rotatable bonds is 3. The maximum absolute atomic E-state index is 13.2. The van der Waals surface area contributed by atoms with E-state index in [1.807, 2.05) is 0 Å². The van der Waals surface area contributed by atoms with Gasteiger partial charge in [0.15, 0.2) is 0 Å². The topological polar surface area (TPSA) is 90.6 Å². The van der Waals surface area contributed by atoms with Crippen molar-refractivity contribution in [3.05, 3.63) is 29.6 Å². The number of nitriles is 1. The van der Waals surface area contributed by atoms with Crippen molar-refractivity contribution in [2.24, 2.45) is 4.99 Å². The van der Waals surface area contributed by atoms with Gasteiger partial charge in [0.2, 0.25) is 16.1 Å². The van der Waals surface area contributed by atoms with E-state index in [0.29, 0.717) is 12.8 Å². The van der Waals surface area contributed by atoms with Gasteiger partial charge in [-0.3, -0.25) is 0 Å². The van der Waals surface area contributed by atoms with E-state index in [1.54, 1.807) is 6.07 Å². The highest BCUT2D eigenvalue weighted by Crippen LogP contribution is 2.27. The Morgan fingerprint density at radius 2 is 2.20 bits per heavy atom. The molecule has 2 rings (SSSR count). The molecule has 0 saturated carbocycles. The summed E-state index contributed by atoms with van der Waals surface area (Å²) in [5, 5.41) is 8.74. The minimum atomic E-state index is -3.92. The predicted molar refractivity (Wildman–Crippen MR) is 66.2 cm³/mol. The zero-order valence-corrected chi connectivity index (χ0v) is 11.1. The first-order valence-corrected chi connectivity index (χ1v) is 7.23. The van der Waals surface area contributed by atoms with E-state index in [9.17, 15) is 17.6 Å². The molecule has 104 valence electrons. The van der Waals surface area contributed by atoms with Crippen molar-refractivity contribution in [1.29, 1.82) is 5.26 Å². The lowest BCUT2D eigenvalue weighted by Gasteiger charge is -2.20. The van der Waals surface area contributed by atoms with Crippen molar-refractivity contribution in [1.82, 2.24) is 4.31 Å². The first-order chi connectivity index (χ1) is 9.50. The third kappa shape index (κ3) is 2.47. The van der Waals surface area contributed by atoms with Crippen LogP contribution >= 0.6 is 0 Å². The lowest BCUT2D eigenvalue weighted by Crippen LogP contribution is -2.34. The smallest absolute Gasteiger partial charge is 0.211 e. The lowest BCUT2D eigenvalue weighted by atomic mass is 10.2. The number of halogens is 1. The molecule has 8 heteroatoms. The summed E-state index contributed by atoms with van der Waals surface area (Å²) >= 11 is 0. The van der Waals surface area contributed by atoms with Crippen molar-refractivity contribution in [3.8, 4) is 6.07 Å². The van der Waals surface area contributed by atoms with Gasteiger partial charge in [0.05, 0.1) is 10.5 Å². The van der Waals surface area contributed by atoms with Gasteiger partial charge in [0.25, 0.3) is 0 Å². The third-order valence-corrected chi connectivity index (χ3v) is 4.93. The van der Waals surface area contributed by atoms with Crippen LogP contribution in [0.4, 0.5) is 4.39 Å². The number of hydrogen-bond acceptors (Lipinski definition) is 5. The summed E-state index contributed by atoms with van der Waals surface area (Å²) in [5.74, 6) is -0.782. The zero-order valence-electron chi connectivity index (χ0n) is 10.3. The van der Waals surface area contributed by atoms with Gasteiger partial charge in [-0.15, -0.1) is 0 Å². The molecule has 0 radical (unpaired) electrons. The molecule has 1 heterocycles. The number of hydrogen-bond donors (Lipinski definition) is 0. The van der Waals surface area contributed by atoms with E-state index in [2.05, 4.69) is 4.99 Å². The minimum absolute atomic E-state index is 0.191. The van der Waals surface area contributed by atoms with Crippen molar-refractivity contribution < 1.29 is 17.6 Å². The number of carbonyl (C=O) groups excluding carboxylic acids is 1. The molecule has 20 heavy (non-hydrogen) atoms. The summed E-state index contributed by atoms with van der Waals surface area (Å²) in [4.78, 5) is 13.6. The van der Waals surface area contributed by atoms with Crippen LogP contribution in [0.1, 0.15) is 18.4 Å². The number of sulfonamides is 1. The second kappa shape index (κ2) is 5.51. The van der Waals surface area contributed by atoms with Crippen molar-refractivity contribution in [3.63, 3.8) is 0 Å². The van der Waals surface area contributed by atoms with Crippen LogP contribution in [0.2, 0.25) is 0 Å². The normalized spacial score (nSPS) is 19.3. The Bertz CT molecular complexity index is 720. The van der Waals surface area contributed by atoms with E-state index in [4.69, 9.17) is 5.26 Å². The first kappa shape index (κ1) is 14.3. The van der Waals surface area contributed by atoms with Crippen molar-refractivity contribution in [2.75, 3.05) is 6.54 Å². The Balaban J connectivity index is 2.45.